The van der Waals surface area contributed by atoms with E-state index in [2.05, 4.69) is 104 Å². The lowest BCUT2D eigenvalue weighted by Gasteiger charge is -2.12. The van der Waals surface area contributed by atoms with Gasteiger partial charge in [-0.15, -0.1) is 0 Å². The largest absolute Gasteiger partial charge is 0.442 e. The van der Waals surface area contributed by atoms with Crippen LogP contribution < -0.4 is 0 Å². The molecule has 7 nitrogen and oxygen atoms in total. The standard InChI is InChI=1S/C38H23N5O2/c1-2-6-27(7-3-1)43-34-16-24(25-11-14-32(41-18-25)36-20-39-22-44-36)10-13-30(34)38-29-9-5-4-8-28(29)31(17-35(38)43)26-12-15-33(42-19-26)37-21-40-23-45-37/h1-23H. The minimum absolute atomic E-state index is 0.643. The average Bonchev–Trinajstić information content (AvgIpc) is 3.90. The predicted molar refractivity (Wildman–Crippen MR) is 176 cm³/mol. The minimum Gasteiger partial charge on any atom is -0.442 e. The number of para-hydroxylation sites is 1. The zero-order chi connectivity index (χ0) is 29.7. The summed E-state index contributed by atoms with van der Waals surface area (Å²) in [6, 6.07) is 36.2. The van der Waals surface area contributed by atoms with Gasteiger partial charge in [0.05, 0.1) is 23.4 Å². The zero-order valence-corrected chi connectivity index (χ0v) is 23.8. The lowest BCUT2D eigenvalue weighted by molar-refractivity contribution is 0.569. The molecule has 9 aromatic rings. The number of rotatable bonds is 5. The zero-order valence-electron chi connectivity index (χ0n) is 23.8. The quantitative estimate of drug-likeness (QED) is 0.201. The highest BCUT2D eigenvalue weighted by molar-refractivity contribution is 6.24. The van der Waals surface area contributed by atoms with Crippen molar-refractivity contribution in [1.29, 1.82) is 0 Å². The van der Waals surface area contributed by atoms with Gasteiger partial charge in [-0.25, -0.2) is 9.97 Å². The first-order valence-electron chi connectivity index (χ1n) is 14.6. The van der Waals surface area contributed by atoms with Gasteiger partial charge in [-0.1, -0.05) is 66.7 Å². The molecule has 5 heterocycles. The number of fused-ring (bicyclic) bond motifs is 5. The lowest BCUT2D eigenvalue weighted by Crippen LogP contribution is -1.94. The summed E-state index contributed by atoms with van der Waals surface area (Å²) in [5.41, 5.74) is 9.07. The molecule has 0 aliphatic heterocycles. The van der Waals surface area contributed by atoms with Gasteiger partial charge in [0.15, 0.2) is 24.3 Å². The van der Waals surface area contributed by atoms with E-state index in [-0.39, 0.29) is 0 Å². The normalized spacial score (nSPS) is 11.6. The van der Waals surface area contributed by atoms with Crippen molar-refractivity contribution in [1.82, 2.24) is 24.5 Å². The molecule has 0 amide bonds. The van der Waals surface area contributed by atoms with Crippen LogP contribution in [0, 0.1) is 0 Å². The summed E-state index contributed by atoms with van der Waals surface area (Å²) in [6.07, 6.45) is 9.99. The molecule has 5 aromatic heterocycles. The molecule has 0 spiro atoms. The lowest BCUT2D eigenvalue weighted by atomic mass is 9.95. The fraction of sp³-hybridized carbons (Fsp3) is 0. The highest BCUT2D eigenvalue weighted by Crippen LogP contribution is 2.42. The van der Waals surface area contributed by atoms with E-state index < -0.39 is 0 Å². The molecule has 4 aromatic carbocycles. The first-order valence-corrected chi connectivity index (χ1v) is 14.6. The third-order valence-electron chi connectivity index (χ3n) is 8.33. The van der Waals surface area contributed by atoms with Gasteiger partial charge in [0.25, 0.3) is 0 Å². The summed E-state index contributed by atoms with van der Waals surface area (Å²) in [6.45, 7) is 0. The van der Waals surface area contributed by atoms with Crippen LogP contribution >= 0.6 is 0 Å². The molecule has 9 rings (SSSR count). The molecule has 0 unspecified atom stereocenters. The van der Waals surface area contributed by atoms with Crippen LogP contribution in [-0.2, 0) is 0 Å². The summed E-state index contributed by atoms with van der Waals surface area (Å²) in [7, 11) is 0. The van der Waals surface area contributed by atoms with Crippen molar-refractivity contribution < 1.29 is 8.83 Å². The second-order valence-corrected chi connectivity index (χ2v) is 10.9. The predicted octanol–water partition coefficient (Wildman–Crippen LogP) is 9.37. The Labute approximate surface area is 257 Å². The third kappa shape index (κ3) is 4.13. The number of hydrogen-bond donors (Lipinski definition) is 0. The van der Waals surface area contributed by atoms with E-state index in [0.29, 0.717) is 11.5 Å². The Morgan fingerprint density at radius 3 is 1.78 bits per heavy atom. The molecule has 212 valence electrons. The van der Waals surface area contributed by atoms with Crippen molar-refractivity contribution in [2.45, 2.75) is 0 Å². The maximum Gasteiger partial charge on any atom is 0.181 e. The van der Waals surface area contributed by atoms with Crippen LogP contribution in [0.4, 0.5) is 0 Å². The molecule has 0 radical (unpaired) electrons. The monoisotopic (exact) mass is 581 g/mol. The van der Waals surface area contributed by atoms with Crippen LogP contribution in [0.15, 0.2) is 150 Å². The van der Waals surface area contributed by atoms with E-state index in [4.69, 9.17) is 13.8 Å². The molecule has 0 aliphatic rings. The van der Waals surface area contributed by atoms with E-state index in [1.807, 2.05) is 30.6 Å². The minimum atomic E-state index is 0.643. The Hall–Kier alpha value is -6.34. The average molecular weight is 582 g/mol. The number of aromatic nitrogens is 5. The number of benzene rings is 4. The highest BCUT2D eigenvalue weighted by atomic mass is 16.3. The molecule has 0 atom stereocenters. The van der Waals surface area contributed by atoms with Crippen molar-refractivity contribution >= 4 is 32.6 Å². The van der Waals surface area contributed by atoms with Gasteiger partial charge in [0.2, 0.25) is 0 Å². The van der Waals surface area contributed by atoms with Gasteiger partial charge in [-0.2, -0.15) is 0 Å². The first kappa shape index (κ1) is 25.2. The molecular weight excluding hydrogens is 558 g/mol. The van der Waals surface area contributed by atoms with Crippen molar-refractivity contribution in [3.63, 3.8) is 0 Å². The second kappa shape index (κ2) is 10.1. The number of pyridine rings is 2. The van der Waals surface area contributed by atoms with Crippen LogP contribution in [0.1, 0.15) is 0 Å². The van der Waals surface area contributed by atoms with Crippen LogP contribution in [0.3, 0.4) is 0 Å². The van der Waals surface area contributed by atoms with E-state index in [0.717, 1.165) is 50.4 Å². The molecule has 7 heteroatoms. The van der Waals surface area contributed by atoms with Gasteiger partial charge >= 0.3 is 0 Å². The van der Waals surface area contributed by atoms with Crippen LogP contribution in [0.2, 0.25) is 0 Å². The number of oxazole rings is 2. The maximum absolute atomic E-state index is 5.47. The molecule has 0 saturated heterocycles. The Morgan fingerprint density at radius 2 is 1.13 bits per heavy atom. The third-order valence-corrected chi connectivity index (χ3v) is 8.33. The van der Waals surface area contributed by atoms with Crippen LogP contribution in [-0.4, -0.2) is 24.5 Å². The second-order valence-electron chi connectivity index (χ2n) is 10.9. The highest BCUT2D eigenvalue weighted by Gasteiger charge is 2.19. The van der Waals surface area contributed by atoms with E-state index in [1.54, 1.807) is 12.4 Å². The smallest absolute Gasteiger partial charge is 0.181 e. The van der Waals surface area contributed by atoms with Gasteiger partial charge < -0.3 is 13.4 Å². The molecule has 0 aliphatic carbocycles. The summed E-state index contributed by atoms with van der Waals surface area (Å²) in [5, 5.41) is 4.76. The topological polar surface area (TPSA) is 82.8 Å². The van der Waals surface area contributed by atoms with Crippen molar-refractivity contribution in [3.8, 4) is 50.8 Å². The SMILES string of the molecule is c1ccc(-n2c3cc(-c4ccc(-c5cnco5)nc4)ccc3c3c4ccccc4c(-c4ccc(-c5cnco5)nc4)cc32)cc1. The van der Waals surface area contributed by atoms with Crippen molar-refractivity contribution in [2.75, 3.05) is 0 Å². The fourth-order valence-corrected chi connectivity index (χ4v) is 6.25. The Bertz CT molecular complexity index is 2450. The van der Waals surface area contributed by atoms with Crippen LogP contribution in [0.25, 0.3) is 83.4 Å². The van der Waals surface area contributed by atoms with E-state index in [1.165, 1.54) is 34.3 Å². The van der Waals surface area contributed by atoms with Crippen molar-refractivity contribution in [3.05, 3.63) is 141 Å². The summed E-state index contributed by atoms with van der Waals surface area (Å²) >= 11 is 0. The van der Waals surface area contributed by atoms with Gasteiger partial charge in [0, 0.05) is 40.0 Å². The van der Waals surface area contributed by atoms with Crippen LogP contribution in [0.5, 0.6) is 0 Å². The Balaban J connectivity index is 1.28. The maximum atomic E-state index is 5.47. The molecular formula is C38H23N5O2. The Kier molecular flexibility index (Phi) is 5.67. The van der Waals surface area contributed by atoms with Crippen molar-refractivity contribution in [2.24, 2.45) is 0 Å². The first-order chi connectivity index (χ1) is 22.3. The van der Waals surface area contributed by atoms with E-state index in [9.17, 15) is 0 Å². The molecule has 0 bridgehead atoms. The van der Waals surface area contributed by atoms with Gasteiger partial charge in [-0.3, -0.25) is 9.97 Å². The number of nitrogens with zero attached hydrogens (tertiary/aromatic N) is 5. The Morgan fingerprint density at radius 1 is 0.489 bits per heavy atom. The van der Waals surface area contributed by atoms with Gasteiger partial charge in [0.1, 0.15) is 11.4 Å². The van der Waals surface area contributed by atoms with E-state index >= 15 is 0 Å². The summed E-state index contributed by atoms with van der Waals surface area (Å²) in [5.74, 6) is 1.29. The molecule has 0 N–H and O–H groups in total. The number of hydrogen-bond acceptors (Lipinski definition) is 6. The molecule has 0 fully saturated rings. The molecule has 45 heavy (non-hydrogen) atoms. The summed E-state index contributed by atoms with van der Waals surface area (Å²) in [4.78, 5) is 17.4. The summed E-state index contributed by atoms with van der Waals surface area (Å²) < 4.78 is 13.3. The molecule has 0 saturated carbocycles. The fourth-order valence-electron chi connectivity index (χ4n) is 6.25. The van der Waals surface area contributed by atoms with Gasteiger partial charge in [-0.05, 0) is 58.3 Å².